The number of amides is 3. The third kappa shape index (κ3) is 5.44. The predicted octanol–water partition coefficient (Wildman–Crippen LogP) is 2.98. The molecule has 0 fully saturated rings. The average molecular weight is 370 g/mol. The normalized spacial score (nSPS) is 10.4. The van der Waals surface area contributed by atoms with Crippen molar-refractivity contribution in [3.05, 3.63) is 58.0 Å². The standard InChI is InChI=1S/C20H26N4O3/c1-5-12-23(4)18(25)13-24-15(3)8-11-17(19(24)26)22-20(27)21-16-9-6-14(2)7-10-16/h6-11H,5,12-13H2,1-4H3,(H2,21,22,27). The number of rotatable bonds is 6. The number of aromatic nitrogens is 1. The van der Waals surface area contributed by atoms with Crippen molar-refractivity contribution in [1.82, 2.24) is 9.47 Å². The Kier molecular flexibility index (Phi) is 6.76. The molecule has 0 saturated heterocycles. The summed E-state index contributed by atoms with van der Waals surface area (Å²) in [6.07, 6.45) is 0.844. The van der Waals surface area contributed by atoms with Gasteiger partial charge in [-0.2, -0.15) is 0 Å². The second kappa shape index (κ2) is 9.02. The third-order valence-electron chi connectivity index (χ3n) is 4.23. The number of likely N-dealkylation sites (N-methyl/N-ethyl adjacent to an activating group) is 1. The molecular weight excluding hydrogens is 344 g/mol. The maximum atomic E-state index is 12.7. The summed E-state index contributed by atoms with van der Waals surface area (Å²) in [5.74, 6) is -0.150. The minimum atomic E-state index is -0.513. The van der Waals surface area contributed by atoms with E-state index in [-0.39, 0.29) is 18.1 Å². The highest BCUT2D eigenvalue weighted by Crippen LogP contribution is 2.10. The van der Waals surface area contributed by atoms with Gasteiger partial charge < -0.3 is 20.1 Å². The fraction of sp³-hybridized carbons (Fsp3) is 0.350. The van der Waals surface area contributed by atoms with Crippen LogP contribution in [0.25, 0.3) is 0 Å². The van der Waals surface area contributed by atoms with Gasteiger partial charge in [-0.3, -0.25) is 9.59 Å². The number of hydrogen-bond donors (Lipinski definition) is 2. The van der Waals surface area contributed by atoms with Gasteiger partial charge in [-0.1, -0.05) is 24.6 Å². The number of carbonyl (C=O) groups excluding carboxylic acids is 2. The van der Waals surface area contributed by atoms with Crippen molar-refractivity contribution < 1.29 is 9.59 Å². The highest BCUT2D eigenvalue weighted by atomic mass is 16.2. The van der Waals surface area contributed by atoms with Gasteiger partial charge in [0.05, 0.1) is 0 Å². The fourth-order valence-corrected chi connectivity index (χ4v) is 2.60. The Balaban J connectivity index is 2.13. The van der Waals surface area contributed by atoms with Crippen LogP contribution in [-0.2, 0) is 11.3 Å². The van der Waals surface area contributed by atoms with Gasteiger partial charge in [0.25, 0.3) is 5.56 Å². The zero-order valence-electron chi connectivity index (χ0n) is 16.2. The second-order valence-electron chi connectivity index (χ2n) is 6.54. The van der Waals surface area contributed by atoms with Crippen LogP contribution in [0.1, 0.15) is 24.6 Å². The average Bonchev–Trinajstić information content (AvgIpc) is 2.63. The van der Waals surface area contributed by atoms with Gasteiger partial charge in [0, 0.05) is 25.0 Å². The summed E-state index contributed by atoms with van der Waals surface area (Å²) in [5, 5.41) is 5.24. The molecule has 2 aromatic rings. The number of carbonyl (C=O) groups is 2. The van der Waals surface area contributed by atoms with Crippen LogP contribution in [-0.4, -0.2) is 35.0 Å². The van der Waals surface area contributed by atoms with Crippen molar-refractivity contribution in [2.45, 2.75) is 33.7 Å². The number of pyridine rings is 1. The van der Waals surface area contributed by atoms with Gasteiger partial charge >= 0.3 is 6.03 Å². The molecule has 27 heavy (non-hydrogen) atoms. The van der Waals surface area contributed by atoms with Crippen LogP contribution in [0, 0.1) is 13.8 Å². The molecule has 144 valence electrons. The predicted molar refractivity (Wildman–Crippen MR) is 107 cm³/mol. The lowest BCUT2D eigenvalue weighted by molar-refractivity contribution is -0.130. The van der Waals surface area contributed by atoms with Crippen molar-refractivity contribution in [3.63, 3.8) is 0 Å². The molecule has 0 unspecified atom stereocenters. The molecule has 0 aliphatic carbocycles. The minimum absolute atomic E-state index is 0.0593. The summed E-state index contributed by atoms with van der Waals surface area (Å²) in [5.41, 5.74) is 2.08. The number of aryl methyl sites for hydroxylation is 2. The fourth-order valence-electron chi connectivity index (χ4n) is 2.60. The third-order valence-corrected chi connectivity index (χ3v) is 4.23. The van der Waals surface area contributed by atoms with Crippen molar-refractivity contribution in [2.24, 2.45) is 0 Å². The molecule has 0 atom stereocenters. The van der Waals surface area contributed by atoms with Crippen LogP contribution in [0.4, 0.5) is 16.2 Å². The molecule has 0 bridgehead atoms. The summed E-state index contributed by atoms with van der Waals surface area (Å²) >= 11 is 0. The Hall–Kier alpha value is -3.09. The number of nitrogens with one attached hydrogen (secondary N) is 2. The van der Waals surface area contributed by atoms with E-state index < -0.39 is 11.6 Å². The molecule has 0 saturated carbocycles. The lowest BCUT2D eigenvalue weighted by atomic mass is 10.2. The van der Waals surface area contributed by atoms with Crippen molar-refractivity contribution in [1.29, 1.82) is 0 Å². The number of anilines is 2. The second-order valence-corrected chi connectivity index (χ2v) is 6.54. The molecule has 1 aromatic carbocycles. The molecule has 2 rings (SSSR count). The largest absolute Gasteiger partial charge is 0.344 e. The van der Waals surface area contributed by atoms with E-state index in [1.165, 1.54) is 4.57 Å². The number of hydrogen-bond acceptors (Lipinski definition) is 3. The molecular formula is C20H26N4O3. The van der Waals surface area contributed by atoms with Gasteiger partial charge in [0.15, 0.2) is 0 Å². The van der Waals surface area contributed by atoms with Crippen molar-refractivity contribution in [3.8, 4) is 0 Å². The van der Waals surface area contributed by atoms with E-state index in [9.17, 15) is 14.4 Å². The summed E-state index contributed by atoms with van der Waals surface area (Å²) in [7, 11) is 1.71. The summed E-state index contributed by atoms with van der Waals surface area (Å²) < 4.78 is 1.37. The van der Waals surface area contributed by atoms with E-state index in [4.69, 9.17) is 0 Å². The van der Waals surface area contributed by atoms with E-state index >= 15 is 0 Å². The van der Waals surface area contributed by atoms with Gasteiger partial charge in [-0.15, -0.1) is 0 Å². The Bertz CT molecular complexity index is 872. The Morgan fingerprint density at radius 1 is 1.04 bits per heavy atom. The van der Waals surface area contributed by atoms with Crippen LogP contribution in [0.15, 0.2) is 41.2 Å². The van der Waals surface area contributed by atoms with Gasteiger partial charge in [-0.05, 0) is 44.5 Å². The molecule has 1 aromatic heterocycles. The van der Waals surface area contributed by atoms with Crippen LogP contribution in [0.3, 0.4) is 0 Å². The lowest BCUT2D eigenvalue weighted by Crippen LogP contribution is -2.36. The Morgan fingerprint density at radius 2 is 1.70 bits per heavy atom. The number of nitrogens with zero attached hydrogens (tertiary/aromatic N) is 2. The first-order valence-electron chi connectivity index (χ1n) is 8.91. The molecule has 0 spiro atoms. The first-order chi connectivity index (χ1) is 12.8. The highest BCUT2D eigenvalue weighted by Gasteiger charge is 2.14. The van der Waals surface area contributed by atoms with Crippen molar-refractivity contribution in [2.75, 3.05) is 24.2 Å². The molecule has 0 radical (unpaired) electrons. The van der Waals surface area contributed by atoms with Gasteiger partial charge in [0.1, 0.15) is 12.2 Å². The molecule has 1 heterocycles. The number of urea groups is 1. The van der Waals surface area contributed by atoms with Crippen LogP contribution in [0.2, 0.25) is 0 Å². The quantitative estimate of drug-likeness (QED) is 0.820. The molecule has 3 amide bonds. The summed E-state index contributed by atoms with van der Waals surface area (Å²) in [4.78, 5) is 38.7. The zero-order valence-corrected chi connectivity index (χ0v) is 16.2. The monoisotopic (exact) mass is 370 g/mol. The maximum Gasteiger partial charge on any atom is 0.323 e. The van der Waals surface area contributed by atoms with Crippen molar-refractivity contribution >= 4 is 23.3 Å². The Labute approximate surface area is 159 Å². The molecule has 0 aliphatic rings. The van der Waals surface area contributed by atoms with Gasteiger partial charge in [0.2, 0.25) is 5.91 Å². The first kappa shape index (κ1) is 20.2. The zero-order chi connectivity index (χ0) is 20.0. The van der Waals surface area contributed by atoms with E-state index in [0.717, 1.165) is 12.0 Å². The van der Waals surface area contributed by atoms with E-state index in [2.05, 4.69) is 10.6 Å². The smallest absolute Gasteiger partial charge is 0.323 e. The Morgan fingerprint density at radius 3 is 2.33 bits per heavy atom. The summed E-state index contributed by atoms with van der Waals surface area (Å²) in [6.45, 7) is 6.26. The van der Waals surface area contributed by atoms with E-state index in [1.807, 2.05) is 26.0 Å². The topological polar surface area (TPSA) is 83.4 Å². The first-order valence-corrected chi connectivity index (χ1v) is 8.91. The molecule has 7 heteroatoms. The molecule has 2 N–H and O–H groups in total. The van der Waals surface area contributed by atoms with E-state index in [1.54, 1.807) is 43.1 Å². The molecule has 0 aliphatic heterocycles. The highest BCUT2D eigenvalue weighted by molar-refractivity contribution is 5.99. The lowest BCUT2D eigenvalue weighted by Gasteiger charge is -2.18. The SMILES string of the molecule is CCCN(C)C(=O)Cn1c(C)ccc(NC(=O)Nc2ccc(C)cc2)c1=O. The van der Waals surface area contributed by atoms with E-state index in [0.29, 0.717) is 17.9 Å². The minimum Gasteiger partial charge on any atom is -0.344 e. The van der Waals surface area contributed by atoms with Crippen LogP contribution in [0.5, 0.6) is 0 Å². The van der Waals surface area contributed by atoms with Crippen LogP contribution < -0.4 is 16.2 Å². The van der Waals surface area contributed by atoms with Gasteiger partial charge in [-0.25, -0.2) is 4.79 Å². The molecule has 7 nitrogen and oxygen atoms in total. The van der Waals surface area contributed by atoms with Crippen LogP contribution >= 0.6 is 0 Å². The summed E-state index contributed by atoms with van der Waals surface area (Å²) in [6, 6.07) is 10.1. The number of benzene rings is 1. The maximum absolute atomic E-state index is 12.7.